The number of hydrogen-bond acceptors (Lipinski definition) is 5. The van der Waals surface area contributed by atoms with Gasteiger partial charge in [0.05, 0.1) is 35.0 Å². The number of benzene rings is 2. The molecule has 0 aliphatic rings. The molecule has 2 heterocycles. The van der Waals surface area contributed by atoms with Crippen LogP contribution in [0.25, 0.3) is 21.8 Å². The van der Waals surface area contributed by atoms with Crippen molar-refractivity contribution in [3.8, 4) is 0 Å². The summed E-state index contributed by atoms with van der Waals surface area (Å²) in [6, 6.07) is 14.5. The first-order chi connectivity index (χ1) is 14.0. The molecule has 0 aliphatic carbocycles. The van der Waals surface area contributed by atoms with E-state index in [1.807, 2.05) is 35.9 Å². The third-order valence-electron chi connectivity index (χ3n) is 4.64. The number of amides is 2. The molecule has 0 saturated carbocycles. The highest BCUT2D eigenvalue weighted by Crippen LogP contribution is 2.14. The number of aromatic amines is 1. The van der Waals surface area contributed by atoms with E-state index in [1.54, 1.807) is 24.3 Å². The molecule has 0 spiro atoms. The molecule has 2 aromatic carbocycles. The predicted molar refractivity (Wildman–Crippen MR) is 107 cm³/mol. The fourth-order valence-electron chi connectivity index (χ4n) is 3.18. The van der Waals surface area contributed by atoms with Crippen LogP contribution < -0.4 is 16.4 Å². The van der Waals surface area contributed by atoms with Crippen molar-refractivity contribution in [2.45, 2.75) is 12.8 Å². The Morgan fingerprint density at radius 1 is 0.966 bits per heavy atom. The normalized spacial score (nSPS) is 10.9. The van der Waals surface area contributed by atoms with E-state index in [1.165, 1.54) is 0 Å². The molecule has 0 aliphatic heterocycles. The summed E-state index contributed by atoms with van der Waals surface area (Å²) in [6.45, 7) is 0. The minimum absolute atomic E-state index is 0.0191. The van der Waals surface area contributed by atoms with Crippen LogP contribution in [0.4, 0.5) is 0 Å². The smallest absolute Gasteiger partial charge is 0.272 e. The Labute approximate surface area is 164 Å². The molecule has 4 rings (SSSR count). The van der Waals surface area contributed by atoms with Gasteiger partial charge in [-0.05, 0) is 18.2 Å². The Bertz CT molecular complexity index is 1290. The number of para-hydroxylation sites is 2. The van der Waals surface area contributed by atoms with E-state index in [9.17, 15) is 14.4 Å². The molecule has 0 saturated heterocycles. The minimum atomic E-state index is -0.451. The van der Waals surface area contributed by atoms with Crippen LogP contribution in [0.1, 0.15) is 11.5 Å². The van der Waals surface area contributed by atoms with Gasteiger partial charge in [-0.25, -0.2) is 10.1 Å². The van der Waals surface area contributed by atoms with Gasteiger partial charge in [-0.3, -0.25) is 25.2 Å². The van der Waals surface area contributed by atoms with Crippen molar-refractivity contribution in [1.29, 1.82) is 0 Å². The molecule has 9 heteroatoms. The van der Waals surface area contributed by atoms with Crippen LogP contribution in [-0.2, 0) is 29.5 Å². The maximum atomic E-state index is 12.2. The van der Waals surface area contributed by atoms with Crippen molar-refractivity contribution < 1.29 is 9.59 Å². The maximum absolute atomic E-state index is 12.2. The van der Waals surface area contributed by atoms with Crippen molar-refractivity contribution in [2.75, 3.05) is 0 Å². The monoisotopic (exact) mass is 390 g/mol. The molecule has 29 heavy (non-hydrogen) atoms. The SMILES string of the molecule is Cn1c(CC(=O)NNC(=O)Cc2n[nH]c(=O)c3ccccc23)nc2ccccc21. The van der Waals surface area contributed by atoms with Crippen molar-refractivity contribution in [3.63, 3.8) is 0 Å². The Kier molecular flexibility index (Phi) is 4.78. The van der Waals surface area contributed by atoms with Crippen LogP contribution in [0.2, 0.25) is 0 Å². The second kappa shape index (κ2) is 7.55. The highest BCUT2D eigenvalue weighted by molar-refractivity contribution is 5.89. The molecule has 0 bridgehead atoms. The largest absolute Gasteiger partial charge is 0.331 e. The van der Waals surface area contributed by atoms with Crippen molar-refractivity contribution in [1.82, 2.24) is 30.6 Å². The number of aromatic nitrogens is 4. The van der Waals surface area contributed by atoms with Gasteiger partial charge in [-0.1, -0.05) is 30.3 Å². The van der Waals surface area contributed by atoms with Crippen LogP contribution in [-0.4, -0.2) is 31.6 Å². The summed E-state index contributed by atoms with van der Waals surface area (Å²) in [5.74, 6) is -0.254. The second-order valence-corrected chi connectivity index (χ2v) is 6.57. The molecular formula is C20H18N6O3. The molecule has 0 unspecified atom stereocenters. The number of rotatable bonds is 4. The summed E-state index contributed by atoms with van der Waals surface area (Å²) in [5, 5.41) is 7.38. The quantitative estimate of drug-likeness (QED) is 0.444. The number of nitrogens with zero attached hydrogens (tertiary/aromatic N) is 3. The van der Waals surface area contributed by atoms with E-state index < -0.39 is 11.8 Å². The molecule has 0 fully saturated rings. The highest BCUT2D eigenvalue weighted by Gasteiger charge is 2.14. The Balaban J connectivity index is 1.40. The van der Waals surface area contributed by atoms with Gasteiger partial charge in [0, 0.05) is 12.4 Å². The molecule has 9 nitrogen and oxygen atoms in total. The van der Waals surface area contributed by atoms with Gasteiger partial charge in [0.2, 0.25) is 11.8 Å². The van der Waals surface area contributed by atoms with Crippen LogP contribution in [0.15, 0.2) is 53.3 Å². The average molecular weight is 390 g/mol. The first kappa shape index (κ1) is 18.4. The van der Waals surface area contributed by atoms with Gasteiger partial charge >= 0.3 is 0 Å². The number of H-pyrrole nitrogens is 1. The van der Waals surface area contributed by atoms with Gasteiger partial charge in [0.1, 0.15) is 5.82 Å². The zero-order valence-corrected chi connectivity index (χ0v) is 15.6. The number of aryl methyl sites for hydroxylation is 1. The molecule has 0 atom stereocenters. The number of hydrazine groups is 1. The highest BCUT2D eigenvalue weighted by atomic mass is 16.2. The number of carbonyl (C=O) groups is 2. The second-order valence-electron chi connectivity index (χ2n) is 6.57. The summed E-state index contributed by atoms with van der Waals surface area (Å²) in [6.07, 6.45) is -0.0742. The van der Waals surface area contributed by atoms with Crippen LogP contribution in [0.3, 0.4) is 0 Å². The lowest BCUT2D eigenvalue weighted by atomic mass is 10.1. The number of hydrogen-bond donors (Lipinski definition) is 3. The number of nitrogens with one attached hydrogen (secondary N) is 3. The molecule has 2 aromatic heterocycles. The fourth-order valence-corrected chi connectivity index (χ4v) is 3.18. The maximum Gasteiger partial charge on any atom is 0.272 e. The first-order valence-corrected chi connectivity index (χ1v) is 8.97. The fraction of sp³-hybridized carbons (Fsp3) is 0.150. The zero-order chi connectivity index (χ0) is 20.4. The molecule has 2 amide bonds. The Hall–Kier alpha value is -4.01. The lowest BCUT2D eigenvalue weighted by molar-refractivity contribution is -0.128. The van der Waals surface area contributed by atoms with Crippen molar-refractivity contribution >= 4 is 33.6 Å². The van der Waals surface area contributed by atoms with E-state index >= 15 is 0 Å². The molecular weight excluding hydrogens is 372 g/mol. The summed E-state index contributed by atoms with van der Waals surface area (Å²) in [4.78, 5) is 40.7. The van der Waals surface area contributed by atoms with Crippen LogP contribution >= 0.6 is 0 Å². The summed E-state index contributed by atoms with van der Waals surface area (Å²) >= 11 is 0. The topological polar surface area (TPSA) is 122 Å². The lowest BCUT2D eigenvalue weighted by Gasteiger charge is -2.08. The van der Waals surface area contributed by atoms with Gasteiger partial charge in [-0.2, -0.15) is 5.10 Å². The average Bonchev–Trinajstić information content (AvgIpc) is 3.04. The van der Waals surface area contributed by atoms with E-state index in [4.69, 9.17) is 0 Å². The summed E-state index contributed by atoms with van der Waals surface area (Å²) < 4.78 is 1.84. The van der Waals surface area contributed by atoms with Gasteiger partial charge in [-0.15, -0.1) is 0 Å². The molecule has 3 N–H and O–H groups in total. The molecule has 0 radical (unpaired) electrons. The molecule has 146 valence electrons. The van der Waals surface area contributed by atoms with E-state index in [0.29, 0.717) is 22.3 Å². The van der Waals surface area contributed by atoms with Crippen LogP contribution in [0.5, 0.6) is 0 Å². The Morgan fingerprint density at radius 2 is 1.62 bits per heavy atom. The summed E-state index contributed by atoms with van der Waals surface area (Å²) in [5.41, 5.74) is 6.60. The van der Waals surface area contributed by atoms with Crippen molar-refractivity contribution in [3.05, 3.63) is 70.4 Å². The third kappa shape index (κ3) is 3.70. The van der Waals surface area contributed by atoms with Gasteiger partial charge < -0.3 is 4.57 Å². The van der Waals surface area contributed by atoms with Gasteiger partial charge in [0.25, 0.3) is 5.56 Å². The van der Waals surface area contributed by atoms with E-state index in [-0.39, 0.29) is 18.4 Å². The Morgan fingerprint density at radius 3 is 2.38 bits per heavy atom. The van der Waals surface area contributed by atoms with Crippen molar-refractivity contribution in [2.24, 2.45) is 7.05 Å². The van der Waals surface area contributed by atoms with E-state index in [0.717, 1.165) is 11.0 Å². The minimum Gasteiger partial charge on any atom is -0.331 e. The van der Waals surface area contributed by atoms with Crippen LogP contribution in [0, 0.1) is 0 Å². The first-order valence-electron chi connectivity index (χ1n) is 8.97. The number of imidazole rings is 1. The summed E-state index contributed by atoms with van der Waals surface area (Å²) in [7, 11) is 1.84. The number of fused-ring (bicyclic) bond motifs is 2. The third-order valence-corrected chi connectivity index (χ3v) is 4.64. The lowest BCUT2D eigenvalue weighted by Crippen LogP contribution is -2.43. The predicted octanol–water partition coefficient (Wildman–Crippen LogP) is 0.742. The number of carbonyl (C=O) groups excluding carboxylic acids is 2. The zero-order valence-electron chi connectivity index (χ0n) is 15.6. The van der Waals surface area contributed by atoms with E-state index in [2.05, 4.69) is 26.0 Å². The standard InChI is InChI=1S/C20H18N6O3/c1-26-16-9-5-4-8-14(16)21-17(26)11-19(28)24-23-18(27)10-15-12-6-2-3-7-13(12)20(29)25-22-15/h2-9H,10-11H2,1H3,(H,23,27)(H,24,28)(H,25,29). The molecule has 4 aromatic rings. The van der Waals surface area contributed by atoms with Gasteiger partial charge in [0.15, 0.2) is 0 Å².